The van der Waals surface area contributed by atoms with Gasteiger partial charge in [-0.25, -0.2) is 9.78 Å². The van der Waals surface area contributed by atoms with Crippen LogP contribution in [0.2, 0.25) is 0 Å². The van der Waals surface area contributed by atoms with Gasteiger partial charge in [-0.1, -0.05) is 0 Å². The van der Waals surface area contributed by atoms with Gasteiger partial charge in [0.05, 0.1) is 12.9 Å². The number of aliphatic carboxylic acids is 3. The maximum absolute atomic E-state index is 12.9. The lowest BCUT2D eigenvalue weighted by atomic mass is 10.1. The normalized spacial score (nSPS) is 14.1. The fourth-order valence-electron chi connectivity index (χ4n) is 2.79. The van der Waals surface area contributed by atoms with Gasteiger partial charge >= 0.3 is 17.9 Å². The van der Waals surface area contributed by atoms with Crippen LogP contribution < -0.4 is 21.7 Å². The topological polar surface area (TPSA) is 274 Å². The van der Waals surface area contributed by atoms with Gasteiger partial charge in [0.15, 0.2) is 0 Å². The van der Waals surface area contributed by atoms with Crippen molar-refractivity contribution in [3.05, 3.63) is 18.2 Å². The Bertz CT molecular complexity index is 906. The summed E-state index contributed by atoms with van der Waals surface area (Å²) in [5.41, 5.74) is 5.87. The summed E-state index contributed by atoms with van der Waals surface area (Å²) >= 11 is 0. The predicted molar refractivity (Wildman–Crippen MR) is 115 cm³/mol. The number of aliphatic hydroxyl groups is 1. The third-order valence-corrected chi connectivity index (χ3v) is 4.69. The number of aromatic amines is 1. The monoisotopic (exact) mass is 500 g/mol. The van der Waals surface area contributed by atoms with Gasteiger partial charge in [-0.3, -0.25) is 24.0 Å². The number of aromatic nitrogens is 2. The second kappa shape index (κ2) is 14.3. The minimum absolute atomic E-state index is 0.140. The number of amides is 3. The SMILES string of the molecule is NC(CO)C(=O)NC(Cc1cnc[nH]1)C(=O)NC(CCC(=O)O)C(=O)NC(CCC(=O)O)C(=O)O. The minimum atomic E-state index is -1.61. The van der Waals surface area contributed by atoms with E-state index < -0.39 is 92.1 Å². The first kappa shape index (κ1) is 29.0. The average molecular weight is 500 g/mol. The molecular formula is C19H28N6O10. The molecule has 1 aromatic rings. The van der Waals surface area contributed by atoms with Crippen LogP contribution in [-0.4, -0.2) is 96.8 Å². The molecule has 16 heteroatoms. The van der Waals surface area contributed by atoms with Crippen LogP contribution in [0.5, 0.6) is 0 Å². The van der Waals surface area contributed by atoms with Gasteiger partial charge in [-0.05, 0) is 12.8 Å². The molecule has 0 spiro atoms. The fraction of sp³-hybridized carbons (Fsp3) is 0.526. The summed E-state index contributed by atoms with van der Waals surface area (Å²) in [7, 11) is 0. The van der Waals surface area contributed by atoms with Gasteiger partial charge in [0.25, 0.3) is 0 Å². The molecule has 0 aliphatic carbocycles. The van der Waals surface area contributed by atoms with E-state index in [2.05, 4.69) is 25.9 Å². The quantitative estimate of drug-likeness (QED) is 0.107. The summed E-state index contributed by atoms with van der Waals surface area (Å²) in [5.74, 6) is -6.98. The molecule has 0 aromatic carbocycles. The van der Waals surface area contributed by atoms with E-state index >= 15 is 0 Å². The first-order chi connectivity index (χ1) is 16.4. The van der Waals surface area contributed by atoms with Gasteiger partial charge in [-0.2, -0.15) is 0 Å². The smallest absolute Gasteiger partial charge is 0.326 e. The summed E-state index contributed by atoms with van der Waals surface area (Å²) < 4.78 is 0. The molecule has 1 aromatic heterocycles. The second-order valence-electron chi connectivity index (χ2n) is 7.46. The van der Waals surface area contributed by atoms with Crippen molar-refractivity contribution >= 4 is 35.6 Å². The lowest BCUT2D eigenvalue weighted by molar-refractivity contribution is -0.144. The van der Waals surface area contributed by atoms with Crippen LogP contribution in [0.3, 0.4) is 0 Å². The largest absolute Gasteiger partial charge is 0.481 e. The number of H-pyrrole nitrogens is 1. The Kier molecular flexibility index (Phi) is 11.8. The van der Waals surface area contributed by atoms with Crippen molar-refractivity contribution in [1.29, 1.82) is 0 Å². The van der Waals surface area contributed by atoms with E-state index in [1.165, 1.54) is 12.5 Å². The summed E-state index contributed by atoms with van der Waals surface area (Å²) in [6.45, 7) is -0.708. The van der Waals surface area contributed by atoms with Crippen LogP contribution in [0, 0.1) is 0 Å². The Hall–Kier alpha value is -4.05. The number of rotatable bonds is 16. The molecule has 4 atom stereocenters. The van der Waals surface area contributed by atoms with Crippen molar-refractivity contribution in [3.8, 4) is 0 Å². The molecule has 0 saturated heterocycles. The number of carbonyl (C=O) groups is 6. The molecule has 0 radical (unpaired) electrons. The summed E-state index contributed by atoms with van der Waals surface area (Å²) in [4.78, 5) is 77.4. The number of nitrogens with two attached hydrogens (primary N) is 1. The zero-order chi connectivity index (χ0) is 26.5. The number of imidazole rings is 1. The van der Waals surface area contributed by atoms with E-state index in [-0.39, 0.29) is 6.42 Å². The third-order valence-electron chi connectivity index (χ3n) is 4.69. The van der Waals surface area contributed by atoms with E-state index in [9.17, 15) is 33.9 Å². The molecule has 0 aliphatic rings. The molecule has 10 N–H and O–H groups in total. The fourth-order valence-corrected chi connectivity index (χ4v) is 2.79. The van der Waals surface area contributed by atoms with E-state index in [1.807, 2.05) is 0 Å². The first-order valence-corrected chi connectivity index (χ1v) is 10.4. The Morgan fingerprint density at radius 1 is 0.857 bits per heavy atom. The highest BCUT2D eigenvalue weighted by molar-refractivity contribution is 5.94. The molecule has 0 aliphatic heterocycles. The molecule has 3 amide bonds. The van der Waals surface area contributed by atoms with E-state index in [0.717, 1.165) is 0 Å². The van der Waals surface area contributed by atoms with Gasteiger partial charge < -0.3 is 47.1 Å². The Balaban J connectivity index is 3.05. The van der Waals surface area contributed by atoms with E-state index in [1.54, 1.807) is 0 Å². The molecule has 194 valence electrons. The van der Waals surface area contributed by atoms with Crippen molar-refractivity contribution in [1.82, 2.24) is 25.9 Å². The average Bonchev–Trinajstić information content (AvgIpc) is 3.30. The predicted octanol–water partition coefficient (Wildman–Crippen LogP) is -3.46. The van der Waals surface area contributed by atoms with Crippen molar-refractivity contribution in [2.45, 2.75) is 56.3 Å². The number of nitrogens with one attached hydrogen (secondary N) is 4. The maximum atomic E-state index is 12.9. The zero-order valence-corrected chi connectivity index (χ0v) is 18.5. The molecule has 0 fully saturated rings. The lowest BCUT2D eigenvalue weighted by Gasteiger charge is -2.24. The van der Waals surface area contributed by atoms with Crippen LogP contribution >= 0.6 is 0 Å². The standard InChI is InChI=1S/C19H28N6O10/c20-10(7-26)16(31)25-13(5-9-6-21-8-22-9)18(33)23-11(1-3-14(27)28)17(32)24-12(19(34)35)2-4-15(29)30/h6,8,10-13,26H,1-5,7,20H2,(H,21,22)(H,23,33)(H,24,32)(H,25,31)(H,27,28)(H,29,30)(H,34,35). The number of carbonyl (C=O) groups excluding carboxylic acids is 3. The number of hydrogen-bond acceptors (Lipinski definition) is 9. The van der Waals surface area contributed by atoms with Crippen molar-refractivity contribution < 1.29 is 49.2 Å². The number of carboxylic acids is 3. The molecular weight excluding hydrogens is 472 g/mol. The second-order valence-corrected chi connectivity index (χ2v) is 7.46. The molecule has 1 rings (SSSR count). The molecule has 35 heavy (non-hydrogen) atoms. The van der Waals surface area contributed by atoms with Crippen LogP contribution in [0.25, 0.3) is 0 Å². The molecule has 16 nitrogen and oxygen atoms in total. The van der Waals surface area contributed by atoms with Crippen LogP contribution in [0.1, 0.15) is 31.4 Å². The van der Waals surface area contributed by atoms with Crippen LogP contribution in [0.15, 0.2) is 12.5 Å². The summed E-state index contributed by atoms with van der Waals surface area (Å²) in [6.07, 6.45) is 0.530. The van der Waals surface area contributed by atoms with E-state index in [4.69, 9.17) is 21.1 Å². The lowest BCUT2D eigenvalue weighted by Crippen LogP contribution is -2.58. The van der Waals surface area contributed by atoms with E-state index in [0.29, 0.717) is 5.69 Å². The number of carboxylic acid groups (broad SMARTS) is 3. The Morgan fingerprint density at radius 3 is 1.86 bits per heavy atom. The van der Waals surface area contributed by atoms with Gasteiger partial charge in [0.2, 0.25) is 17.7 Å². The number of hydrogen-bond donors (Lipinski definition) is 9. The van der Waals surface area contributed by atoms with Crippen LogP contribution in [-0.2, 0) is 35.2 Å². The van der Waals surface area contributed by atoms with Gasteiger partial charge in [-0.15, -0.1) is 0 Å². The maximum Gasteiger partial charge on any atom is 0.326 e. The molecule has 0 saturated carbocycles. The van der Waals surface area contributed by atoms with Crippen molar-refractivity contribution in [3.63, 3.8) is 0 Å². The summed E-state index contributed by atoms with van der Waals surface area (Å²) in [6, 6.07) is -5.81. The molecule has 4 unspecified atom stereocenters. The Labute approximate surface area is 198 Å². The highest BCUT2D eigenvalue weighted by Crippen LogP contribution is 2.06. The van der Waals surface area contributed by atoms with Crippen molar-refractivity contribution in [2.75, 3.05) is 6.61 Å². The first-order valence-electron chi connectivity index (χ1n) is 10.4. The molecule has 0 bridgehead atoms. The minimum Gasteiger partial charge on any atom is -0.481 e. The van der Waals surface area contributed by atoms with Crippen molar-refractivity contribution in [2.24, 2.45) is 5.73 Å². The third kappa shape index (κ3) is 10.6. The molecule has 1 heterocycles. The highest BCUT2D eigenvalue weighted by Gasteiger charge is 2.31. The van der Waals surface area contributed by atoms with Crippen LogP contribution in [0.4, 0.5) is 0 Å². The highest BCUT2D eigenvalue weighted by atomic mass is 16.4. The number of nitrogens with zero attached hydrogens (tertiary/aromatic N) is 1. The Morgan fingerprint density at radius 2 is 1.37 bits per heavy atom. The number of aliphatic hydroxyl groups excluding tert-OH is 1. The van der Waals surface area contributed by atoms with Gasteiger partial charge in [0.1, 0.15) is 24.2 Å². The summed E-state index contributed by atoms with van der Waals surface area (Å²) in [5, 5.41) is 42.7. The van der Waals surface area contributed by atoms with Gasteiger partial charge in [0, 0.05) is 31.2 Å². The zero-order valence-electron chi connectivity index (χ0n) is 18.5.